The smallest absolute Gasteiger partial charge is 0.274 e. The third-order valence-electron chi connectivity index (χ3n) is 2.74. The Morgan fingerprint density at radius 3 is 2.90 bits per heavy atom. The van der Waals surface area contributed by atoms with Crippen molar-refractivity contribution in [3.63, 3.8) is 0 Å². The van der Waals surface area contributed by atoms with Crippen molar-refractivity contribution in [3.8, 4) is 29.2 Å². The predicted molar refractivity (Wildman–Crippen MR) is 71.7 cm³/mol. The van der Waals surface area contributed by atoms with Crippen LogP contribution in [-0.2, 0) is 7.05 Å². The highest BCUT2D eigenvalue weighted by molar-refractivity contribution is 6.30. The third kappa shape index (κ3) is 2.15. The van der Waals surface area contributed by atoms with Gasteiger partial charge in [0.25, 0.3) is 5.89 Å². The minimum absolute atomic E-state index is 0.334. The summed E-state index contributed by atoms with van der Waals surface area (Å²) in [6, 6.07) is 7.17. The molecule has 3 rings (SSSR count). The first-order chi connectivity index (χ1) is 9.67. The van der Waals surface area contributed by atoms with Gasteiger partial charge in [-0.05, 0) is 18.2 Å². The first-order valence-corrected chi connectivity index (χ1v) is 6.07. The third-order valence-corrected chi connectivity index (χ3v) is 2.96. The van der Waals surface area contributed by atoms with E-state index in [0.29, 0.717) is 33.7 Å². The fourth-order valence-corrected chi connectivity index (χ4v) is 1.89. The molecule has 0 aliphatic rings. The molecule has 0 bridgehead atoms. The second-order valence-corrected chi connectivity index (χ2v) is 4.56. The van der Waals surface area contributed by atoms with Crippen LogP contribution in [0.1, 0.15) is 5.56 Å². The van der Waals surface area contributed by atoms with Crippen molar-refractivity contribution in [1.29, 1.82) is 5.26 Å². The van der Waals surface area contributed by atoms with Gasteiger partial charge in [0.15, 0.2) is 0 Å². The molecule has 0 spiro atoms. The van der Waals surface area contributed by atoms with Gasteiger partial charge in [-0.2, -0.15) is 10.2 Å². The van der Waals surface area contributed by atoms with E-state index >= 15 is 0 Å². The lowest BCUT2D eigenvalue weighted by molar-refractivity contribution is 0.429. The Bertz CT molecular complexity index is 797. The standard InChI is InChI=1S/C13H8ClN5O/c1-19-7-8(5-15)4-11(19)13-17-12(18-20-13)10-3-2-9(14)6-16-10/h2-4,6-7H,1H3. The zero-order chi connectivity index (χ0) is 14.1. The average Bonchev–Trinajstić information content (AvgIpc) is 3.06. The van der Waals surface area contributed by atoms with E-state index in [4.69, 9.17) is 21.4 Å². The molecule has 0 N–H and O–H groups in total. The van der Waals surface area contributed by atoms with Gasteiger partial charge >= 0.3 is 0 Å². The largest absolute Gasteiger partial charge is 0.345 e. The van der Waals surface area contributed by atoms with Gasteiger partial charge < -0.3 is 9.09 Å². The zero-order valence-corrected chi connectivity index (χ0v) is 11.2. The molecule has 0 aliphatic heterocycles. The van der Waals surface area contributed by atoms with Crippen molar-refractivity contribution in [2.45, 2.75) is 0 Å². The van der Waals surface area contributed by atoms with E-state index in [0.717, 1.165) is 0 Å². The SMILES string of the molecule is Cn1cc(C#N)cc1-c1nc(-c2ccc(Cl)cn2)no1. The van der Waals surface area contributed by atoms with Gasteiger partial charge in [0.1, 0.15) is 17.5 Å². The van der Waals surface area contributed by atoms with Crippen LogP contribution in [0.25, 0.3) is 23.1 Å². The summed E-state index contributed by atoms with van der Waals surface area (Å²) in [6.45, 7) is 0. The van der Waals surface area contributed by atoms with E-state index in [2.05, 4.69) is 21.2 Å². The molecule has 3 aromatic rings. The van der Waals surface area contributed by atoms with E-state index in [1.165, 1.54) is 6.20 Å². The fourth-order valence-electron chi connectivity index (χ4n) is 1.78. The van der Waals surface area contributed by atoms with E-state index in [-0.39, 0.29) is 0 Å². The van der Waals surface area contributed by atoms with Crippen LogP contribution >= 0.6 is 11.6 Å². The molecule has 3 heterocycles. The van der Waals surface area contributed by atoms with Crippen LogP contribution in [0.2, 0.25) is 5.02 Å². The van der Waals surface area contributed by atoms with E-state index < -0.39 is 0 Å². The first-order valence-electron chi connectivity index (χ1n) is 5.70. The minimum atomic E-state index is 0.334. The first kappa shape index (κ1) is 12.4. The Kier molecular flexibility index (Phi) is 2.97. The number of pyridine rings is 1. The molecule has 0 aromatic carbocycles. The lowest BCUT2D eigenvalue weighted by Gasteiger charge is -1.94. The van der Waals surface area contributed by atoms with E-state index in [1.54, 1.807) is 36.0 Å². The van der Waals surface area contributed by atoms with Crippen LogP contribution in [0.15, 0.2) is 35.1 Å². The summed E-state index contributed by atoms with van der Waals surface area (Å²) in [4.78, 5) is 8.40. The van der Waals surface area contributed by atoms with E-state index in [1.807, 2.05) is 0 Å². The summed E-state index contributed by atoms with van der Waals surface area (Å²) in [5.41, 5.74) is 1.78. The van der Waals surface area contributed by atoms with Crippen molar-refractivity contribution in [3.05, 3.63) is 41.2 Å². The molecule has 3 aromatic heterocycles. The molecule has 0 unspecified atom stereocenters. The van der Waals surface area contributed by atoms with E-state index in [9.17, 15) is 0 Å². The number of aromatic nitrogens is 4. The molecule has 0 saturated heterocycles. The van der Waals surface area contributed by atoms with Crippen LogP contribution < -0.4 is 0 Å². The van der Waals surface area contributed by atoms with Gasteiger partial charge in [-0.25, -0.2) is 0 Å². The molecule has 0 atom stereocenters. The van der Waals surface area contributed by atoms with Crippen LogP contribution in [0.4, 0.5) is 0 Å². The number of rotatable bonds is 2. The van der Waals surface area contributed by atoms with Gasteiger partial charge in [-0.15, -0.1) is 0 Å². The molecule has 20 heavy (non-hydrogen) atoms. The topological polar surface area (TPSA) is 80.5 Å². The van der Waals surface area contributed by atoms with Gasteiger partial charge in [0, 0.05) is 19.4 Å². The molecule has 0 fully saturated rings. The summed E-state index contributed by atoms with van der Waals surface area (Å²) in [6.07, 6.45) is 3.21. The Hall–Kier alpha value is -2.65. The number of hydrogen-bond donors (Lipinski definition) is 0. The number of nitrogens with zero attached hydrogens (tertiary/aromatic N) is 5. The summed E-state index contributed by atoms with van der Waals surface area (Å²) in [7, 11) is 1.81. The molecular formula is C13H8ClN5O. The van der Waals surface area contributed by atoms with Gasteiger partial charge in [-0.3, -0.25) is 4.98 Å². The zero-order valence-electron chi connectivity index (χ0n) is 10.4. The second-order valence-electron chi connectivity index (χ2n) is 4.12. The maximum absolute atomic E-state index is 8.88. The molecular weight excluding hydrogens is 278 g/mol. The summed E-state index contributed by atoms with van der Waals surface area (Å²) < 4.78 is 6.96. The lowest BCUT2D eigenvalue weighted by atomic mass is 10.3. The number of hydrogen-bond acceptors (Lipinski definition) is 5. The van der Waals surface area contributed by atoms with Crippen molar-refractivity contribution in [2.75, 3.05) is 0 Å². The normalized spacial score (nSPS) is 10.4. The molecule has 0 aliphatic carbocycles. The molecule has 6 nitrogen and oxygen atoms in total. The lowest BCUT2D eigenvalue weighted by Crippen LogP contribution is -1.89. The van der Waals surface area contributed by atoms with Crippen molar-refractivity contribution in [1.82, 2.24) is 19.7 Å². The van der Waals surface area contributed by atoms with Crippen molar-refractivity contribution < 1.29 is 4.52 Å². The molecule has 0 saturated carbocycles. The highest BCUT2D eigenvalue weighted by atomic mass is 35.5. The Labute approximate surface area is 119 Å². The monoisotopic (exact) mass is 285 g/mol. The maximum Gasteiger partial charge on any atom is 0.274 e. The number of aryl methyl sites for hydroxylation is 1. The molecule has 0 radical (unpaired) electrons. The minimum Gasteiger partial charge on any atom is -0.345 e. The van der Waals surface area contributed by atoms with Gasteiger partial charge in [0.2, 0.25) is 5.82 Å². The van der Waals surface area contributed by atoms with Crippen LogP contribution in [0.3, 0.4) is 0 Å². The number of halogens is 1. The highest BCUT2D eigenvalue weighted by Crippen LogP contribution is 2.23. The molecule has 98 valence electrons. The van der Waals surface area contributed by atoms with Gasteiger partial charge in [-0.1, -0.05) is 16.8 Å². The van der Waals surface area contributed by atoms with Crippen LogP contribution in [0, 0.1) is 11.3 Å². The average molecular weight is 286 g/mol. The summed E-state index contributed by atoms with van der Waals surface area (Å²) >= 11 is 5.78. The van der Waals surface area contributed by atoms with Crippen LogP contribution in [0.5, 0.6) is 0 Å². The number of nitriles is 1. The highest BCUT2D eigenvalue weighted by Gasteiger charge is 2.15. The quantitative estimate of drug-likeness (QED) is 0.723. The second kappa shape index (κ2) is 4.79. The van der Waals surface area contributed by atoms with Crippen LogP contribution in [-0.4, -0.2) is 19.7 Å². The van der Waals surface area contributed by atoms with Gasteiger partial charge in [0.05, 0.1) is 10.6 Å². The summed E-state index contributed by atoms with van der Waals surface area (Å²) in [5.74, 6) is 0.706. The molecule has 0 amide bonds. The maximum atomic E-state index is 8.88. The van der Waals surface area contributed by atoms with Crippen molar-refractivity contribution >= 4 is 11.6 Å². The summed E-state index contributed by atoms with van der Waals surface area (Å²) in [5, 5.41) is 13.3. The predicted octanol–water partition coefficient (Wildman–Crippen LogP) is 2.66. The fraction of sp³-hybridized carbons (Fsp3) is 0.0769. The van der Waals surface area contributed by atoms with Crippen molar-refractivity contribution in [2.24, 2.45) is 7.05 Å². The molecule has 7 heteroatoms. The Morgan fingerprint density at radius 2 is 2.25 bits per heavy atom. The Morgan fingerprint density at radius 1 is 1.40 bits per heavy atom. The Balaban J connectivity index is 1.99.